The Morgan fingerprint density at radius 2 is 0.574 bits per heavy atom. The second-order valence-corrected chi connectivity index (χ2v) is 13.8. The zero-order valence-electron chi connectivity index (χ0n) is 29.5. The van der Waals surface area contributed by atoms with Crippen molar-refractivity contribution in [2.75, 3.05) is 0 Å². The van der Waals surface area contributed by atoms with E-state index in [4.69, 9.17) is 9.97 Å². The maximum atomic E-state index is 5.13. The lowest BCUT2D eigenvalue weighted by Crippen LogP contribution is -1.96. The topological polar surface area (TPSA) is 25.8 Å². The van der Waals surface area contributed by atoms with Gasteiger partial charge in [0.15, 0.2) is 5.82 Å². The molecule has 0 aliphatic carbocycles. The fourth-order valence-electron chi connectivity index (χ4n) is 7.77. The van der Waals surface area contributed by atoms with Crippen LogP contribution in [0.2, 0.25) is 0 Å². The standard InChI is InChI=1S/C52H34N2/c1-4-15-35(16-5-1)41-30-42(32-43(31-41)39-27-28-48-46-25-11-10-23-44(46)45-24-12-13-26-47(45)49(48)33-39)38-21-14-22-40(29-38)52-53-50(36-17-6-2-7-18-36)34-51(54-52)37-19-8-3-9-20-37/h1-34H. The monoisotopic (exact) mass is 686 g/mol. The van der Waals surface area contributed by atoms with Gasteiger partial charge < -0.3 is 0 Å². The Bertz CT molecular complexity index is 2880. The SMILES string of the molecule is c1ccc(-c2cc(-c3cccc(-c4nc(-c5ccccc5)cc(-c5ccccc5)n4)c3)cc(-c3ccc4c5ccccc5c5ccccc5c4c3)c2)cc1. The third-order valence-corrected chi connectivity index (χ3v) is 10.4. The van der Waals surface area contributed by atoms with E-state index in [1.165, 1.54) is 54.6 Å². The Labute approximate surface area is 314 Å². The Morgan fingerprint density at radius 3 is 1.11 bits per heavy atom. The summed E-state index contributed by atoms with van der Waals surface area (Å²) in [5.74, 6) is 0.699. The van der Waals surface area contributed by atoms with Crippen LogP contribution in [0.15, 0.2) is 206 Å². The molecule has 10 aromatic rings. The van der Waals surface area contributed by atoms with E-state index in [1.807, 2.05) is 12.1 Å². The van der Waals surface area contributed by atoms with Crippen molar-refractivity contribution in [1.29, 1.82) is 0 Å². The average molecular weight is 687 g/mol. The highest BCUT2D eigenvalue weighted by Crippen LogP contribution is 2.39. The second-order valence-electron chi connectivity index (χ2n) is 13.8. The average Bonchev–Trinajstić information content (AvgIpc) is 3.27. The summed E-state index contributed by atoms with van der Waals surface area (Å²) in [5.41, 5.74) is 11.8. The van der Waals surface area contributed by atoms with Crippen LogP contribution in [-0.4, -0.2) is 9.97 Å². The smallest absolute Gasteiger partial charge is 0.160 e. The molecule has 0 radical (unpaired) electrons. The maximum absolute atomic E-state index is 5.13. The predicted octanol–water partition coefficient (Wildman–Crippen LogP) is 13.9. The van der Waals surface area contributed by atoms with Crippen LogP contribution in [0.4, 0.5) is 0 Å². The molecule has 54 heavy (non-hydrogen) atoms. The van der Waals surface area contributed by atoms with Gasteiger partial charge in [-0.25, -0.2) is 9.97 Å². The minimum absolute atomic E-state index is 0.699. The third kappa shape index (κ3) is 5.81. The number of benzene rings is 9. The van der Waals surface area contributed by atoms with E-state index in [0.29, 0.717) is 5.82 Å². The van der Waals surface area contributed by atoms with Crippen LogP contribution in [-0.2, 0) is 0 Å². The molecule has 0 aliphatic heterocycles. The van der Waals surface area contributed by atoms with Crippen molar-refractivity contribution < 1.29 is 0 Å². The van der Waals surface area contributed by atoms with E-state index in [-0.39, 0.29) is 0 Å². The molecule has 2 heteroatoms. The van der Waals surface area contributed by atoms with E-state index >= 15 is 0 Å². The summed E-state index contributed by atoms with van der Waals surface area (Å²) in [5, 5.41) is 7.65. The number of hydrogen-bond donors (Lipinski definition) is 0. The van der Waals surface area contributed by atoms with Crippen molar-refractivity contribution in [3.05, 3.63) is 206 Å². The van der Waals surface area contributed by atoms with Gasteiger partial charge in [0, 0.05) is 16.7 Å². The molecule has 1 aromatic heterocycles. The van der Waals surface area contributed by atoms with Crippen LogP contribution >= 0.6 is 0 Å². The van der Waals surface area contributed by atoms with Gasteiger partial charge in [-0.2, -0.15) is 0 Å². The van der Waals surface area contributed by atoms with Gasteiger partial charge in [0.25, 0.3) is 0 Å². The summed E-state index contributed by atoms with van der Waals surface area (Å²) in [7, 11) is 0. The maximum Gasteiger partial charge on any atom is 0.160 e. The summed E-state index contributed by atoms with van der Waals surface area (Å²) in [6.07, 6.45) is 0. The third-order valence-electron chi connectivity index (χ3n) is 10.4. The van der Waals surface area contributed by atoms with Gasteiger partial charge >= 0.3 is 0 Å². The molecule has 10 rings (SSSR count). The fourth-order valence-corrected chi connectivity index (χ4v) is 7.77. The molecule has 0 saturated heterocycles. The molecule has 0 amide bonds. The minimum Gasteiger partial charge on any atom is -0.228 e. The van der Waals surface area contributed by atoms with Gasteiger partial charge in [-0.05, 0) is 102 Å². The van der Waals surface area contributed by atoms with Gasteiger partial charge in [-0.15, -0.1) is 0 Å². The van der Waals surface area contributed by atoms with Crippen LogP contribution < -0.4 is 0 Å². The lowest BCUT2D eigenvalue weighted by atomic mass is 9.90. The van der Waals surface area contributed by atoms with Gasteiger partial charge in [-0.1, -0.05) is 170 Å². The van der Waals surface area contributed by atoms with E-state index in [2.05, 4.69) is 194 Å². The fraction of sp³-hybridized carbons (Fsp3) is 0. The highest BCUT2D eigenvalue weighted by atomic mass is 14.9. The Hall–Kier alpha value is -7.16. The molecule has 0 bridgehead atoms. The summed E-state index contributed by atoms with van der Waals surface area (Å²) >= 11 is 0. The first-order valence-corrected chi connectivity index (χ1v) is 18.4. The lowest BCUT2D eigenvalue weighted by molar-refractivity contribution is 1.18. The zero-order chi connectivity index (χ0) is 35.8. The molecule has 0 unspecified atom stereocenters. The van der Waals surface area contributed by atoms with Crippen molar-refractivity contribution in [1.82, 2.24) is 9.97 Å². The van der Waals surface area contributed by atoms with Gasteiger partial charge in [0.05, 0.1) is 11.4 Å². The minimum atomic E-state index is 0.699. The van der Waals surface area contributed by atoms with Crippen LogP contribution in [0.5, 0.6) is 0 Å². The molecule has 0 saturated carbocycles. The van der Waals surface area contributed by atoms with Crippen LogP contribution in [0.25, 0.3) is 99.6 Å². The molecular weight excluding hydrogens is 653 g/mol. The van der Waals surface area contributed by atoms with E-state index in [1.54, 1.807) is 0 Å². The summed E-state index contributed by atoms with van der Waals surface area (Å²) in [6, 6.07) is 73.5. The molecular formula is C52H34N2. The predicted molar refractivity (Wildman–Crippen MR) is 227 cm³/mol. The first kappa shape index (κ1) is 31.6. The highest BCUT2D eigenvalue weighted by Gasteiger charge is 2.14. The quantitative estimate of drug-likeness (QED) is 0.163. The number of rotatable bonds is 6. The van der Waals surface area contributed by atoms with Gasteiger partial charge in [0.1, 0.15) is 0 Å². The highest BCUT2D eigenvalue weighted by molar-refractivity contribution is 6.25. The largest absolute Gasteiger partial charge is 0.228 e. The molecule has 0 fully saturated rings. The van der Waals surface area contributed by atoms with Crippen LogP contribution in [0.1, 0.15) is 0 Å². The molecule has 0 aliphatic rings. The number of hydrogen-bond acceptors (Lipinski definition) is 2. The number of fused-ring (bicyclic) bond motifs is 6. The molecule has 0 N–H and O–H groups in total. The van der Waals surface area contributed by atoms with Crippen LogP contribution in [0.3, 0.4) is 0 Å². The first-order chi connectivity index (χ1) is 26.7. The van der Waals surface area contributed by atoms with E-state index in [9.17, 15) is 0 Å². The van der Waals surface area contributed by atoms with E-state index < -0.39 is 0 Å². The van der Waals surface area contributed by atoms with Crippen LogP contribution in [0, 0.1) is 0 Å². The number of aromatic nitrogens is 2. The van der Waals surface area contributed by atoms with Crippen molar-refractivity contribution in [3.8, 4) is 67.3 Å². The van der Waals surface area contributed by atoms with Gasteiger partial charge in [-0.3, -0.25) is 0 Å². The zero-order valence-corrected chi connectivity index (χ0v) is 29.5. The molecule has 0 spiro atoms. The van der Waals surface area contributed by atoms with E-state index in [0.717, 1.165) is 39.2 Å². The summed E-state index contributed by atoms with van der Waals surface area (Å²) in [6.45, 7) is 0. The van der Waals surface area contributed by atoms with Crippen molar-refractivity contribution >= 4 is 32.3 Å². The molecule has 0 atom stereocenters. The second kappa shape index (κ2) is 13.4. The Kier molecular flexibility index (Phi) is 7.85. The number of nitrogens with zero attached hydrogens (tertiary/aromatic N) is 2. The van der Waals surface area contributed by atoms with Crippen molar-refractivity contribution in [2.24, 2.45) is 0 Å². The van der Waals surface area contributed by atoms with Crippen molar-refractivity contribution in [3.63, 3.8) is 0 Å². The van der Waals surface area contributed by atoms with Crippen molar-refractivity contribution in [2.45, 2.75) is 0 Å². The summed E-state index contributed by atoms with van der Waals surface area (Å²) in [4.78, 5) is 10.3. The first-order valence-electron chi connectivity index (χ1n) is 18.4. The lowest BCUT2D eigenvalue weighted by Gasteiger charge is -2.15. The molecule has 9 aromatic carbocycles. The molecule has 1 heterocycles. The Morgan fingerprint density at radius 1 is 0.204 bits per heavy atom. The van der Waals surface area contributed by atoms with Gasteiger partial charge in [0.2, 0.25) is 0 Å². The normalized spacial score (nSPS) is 11.3. The molecule has 252 valence electrons. The molecule has 2 nitrogen and oxygen atoms in total. The Balaban J connectivity index is 1.14. The summed E-state index contributed by atoms with van der Waals surface area (Å²) < 4.78 is 0.